The van der Waals surface area contributed by atoms with Crippen molar-refractivity contribution in [2.75, 3.05) is 13.1 Å². The lowest BCUT2D eigenvalue weighted by atomic mass is 9.92. The summed E-state index contributed by atoms with van der Waals surface area (Å²) in [4.78, 5) is 13.4. The Balaban J connectivity index is 2.45. The Morgan fingerprint density at radius 3 is 2.38 bits per heavy atom. The minimum Gasteiger partial charge on any atom is -0.463 e. The van der Waals surface area contributed by atoms with Crippen LogP contribution >= 0.6 is 0 Å². The molecule has 0 spiro atoms. The van der Waals surface area contributed by atoms with Crippen molar-refractivity contribution in [3.63, 3.8) is 0 Å². The fourth-order valence-electron chi connectivity index (χ4n) is 2.66. The molecule has 1 unspecified atom stereocenters. The third-order valence-corrected chi connectivity index (χ3v) is 3.37. The molecule has 0 N–H and O–H groups in total. The Morgan fingerprint density at radius 2 is 1.88 bits per heavy atom. The molecule has 3 heteroatoms. The maximum Gasteiger partial charge on any atom is 0.302 e. The largest absolute Gasteiger partial charge is 0.463 e. The van der Waals surface area contributed by atoms with Crippen molar-refractivity contribution >= 4 is 5.97 Å². The fraction of sp³-hybridized carbons (Fsp3) is 0.923. The molecule has 94 valence electrons. The van der Waals surface area contributed by atoms with E-state index in [0.717, 1.165) is 6.42 Å². The summed E-state index contributed by atoms with van der Waals surface area (Å²) in [5.41, 5.74) is 0.134. The lowest BCUT2D eigenvalue weighted by Crippen LogP contribution is -2.48. The molecule has 1 atom stereocenters. The van der Waals surface area contributed by atoms with E-state index in [-0.39, 0.29) is 17.6 Å². The van der Waals surface area contributed by atoms with Gasteiger partial charge in [-0.2, -0.15) is 0 Å². The summed E-state index contributed by atoms with van der Waals surface area (Å²) in [5, 5.41) is 0. The molecule has 0 aromatic rings. The number of rotatable bonds is 4. The van der Waals surface area contributed by atoms with Crippen LogP contribution in [0.4, 0.5) is 0 Å². The van der Waals surface area contributed by atoms with E-state index in [4.69, 9.17) is 4.74 Å². The summed E-state index contributed by atoms with van der Waals surface area (Å²) in [7, 11) is 0. The van der Waals surface area contributed by atoms with Gasteiger partial charge in [0, 0.05) is 18.9 Å². The Bertz CT molecular complexity index is 232. The first-order valence-electron chi connectivity index (χ1n) is 6.34. The van der Waals surface area contributed by atoms with Crippen LogP contribution in [0.1, 0.15) is 53.4 Å². The van der Waals surface area contributed by atoms with E-state index in [1.807, 2.05) is 6.92 Å². The van der Waals surface area contributed by atoms with Crippen LogP contribution in [0.2, 0.25) is 0 Å². The number of carbonyl (C=O) groups excluding carboxylic acids is 1. The summed E-state index contributed by atoms with van der Waals surface area (Å²) in [6, 6.07) is 0. The van der Waals surface area contributed by atoms with E-state index in [0.29, 0.717) is 0 Å². The van der Waals surface area contributed by atoms with E-state index in [2.05, 4.69) is 18.7 Å². The zero-order valence-corrected chi connectivity index (χ0v) is 11.1. The van der Waals surface area contributed by atoms with Gasteiger partial charge in [0.1, 0.15) is 6.10 Å². The Morgan fingerprint density at radius 1 is 1.31 bits per heavy atom. The minimum absolute atomic E-state index is 0.00873. The molecule has 1 fully saturated rings. The van der Waals surface area contributed by atoms with Crippen LogP contribution in [-0.4, -0.2) is 35.6 Å². The fourth-order valence-corrected chi connectivity index (χ4v) is 2.66. The Labute approximate surface area is 99.1 Å². The number of nitrogens with zero attached hydrogens (tertiary/aromatic N) is 1. The maximum atomic E-state index is 10.9. The average molecular weight is 227 g/mol. The van der Waals surface area contributed by atoms with Crippen LogP contribution < -0.4 is 0 Å². The zero-order valence-electron chi connectivity index (χ0n) is 11.1. The van der Waals surface area contributed by atoms with Crippen LogP contribution in [0, 0.1) is 0 Å². The van der Waals surface area contributed by atoms with Gasteiger partial charge >= 0.3 is 5.97 Å². The number of carbonyl (C=O) groups is 1. The van der Waals surface area contributed by atoms with Gasteiger partial charge in [-0.05, 0) is 46.7 Å². The molecule has 0 aliphatic carbocycles. The SMILES string of the molecule is CC(=O)OC(C)CC(C)(C)N1CCCCC1. The Kier molecular flexibility index (Phi) is 4.78. The van der Waals surface area contributed by atoms with Gasteiger partial charge in [0.05, 0.1) is 0 Å². The summed E-state index contributed by atoms with van der Waals surface area (Å²) in [5.74, 6) is -0.179. The molecule has 0 amide bonds. The molecular formula is C13H25NO2. The molecular weight excluding hydrogens is 202 g/mol. The van der Waals surface area contributed by atoms with Gasteiger partial charge in [-0.15, -0.1) is 0 Å². The standard InChI is InChI=1S/C13H25NO2/c1-11(16-12(2)15)10-13(3,4)14-8-6-5-7-9-14/h11H,5-10H2,1-4H3. The quantitative estimate of drug-likeness (QED) is 0.691. The van der Waals surface area contributed by atoms with Gasteiger partial charge in [0.2, 0.25) is 0 Å². The van der Waals surface area contributed by atoms with Gasteiger partial charge in [-0.25, -0.2) is 0 Å². The maximum absolute atomic E-state index is 10.9. The number of esters is 1. The summed E-state index contributed by atoms with van der Waals surface area (Å²) in [6.45, 7) is 10.3. The number of ether oxygens (including phenoxy) is 1. The topological polar surface area (TPSA) is 29.5 Å². The molecule has 16 heavy (non-hydrogen) atoms. The van der Waals surface area contributed by atoms with Crippen molar-refractivity contribution in [2.24, 2.45) is 0 Å². The minimum atomic E-state index is -0.179. The first-order valence-corrected chi connectivity index (χ1v) is 6.34. The summed E-state index contributed by atoms with van der Waals surface area (Å²) < 4.78 is 5.21. The molecule has 0 saturated carbocycles. The van der Waals surface area contributed by atoms with Crippen molar-refractivity contribution in [1.29, 1.82) is 0 Å². The predicted octanol–water partition coefficient (Wildman–Crippen LogP) is 2.59. The number of hydrogen-bond donors (Lipinski definition) is 0. The molecule has 1 rings (SSSR count). The van der Waals surface area contributed by atoms with E-state index in [9.17, 15) is 4.79 Å². The van der Waals surface area contributed by atoms with Crippen molar-refractivity contribution in [1.82, 2.24) is 4.90 Å². The normalized spacial score (nSPS) is 20.5. The second-order valence-electron chi connectivity index (χ2n) is 5.48. The first-order chi connectivity index (χ1) is 7.42. The number of likely N-dealkylation sites (tertiary alicyclic amines) is 1. The van der Waals surface area contributed by atoms with E-state index < -0.39 is 0 Å². The van der Waals surface area contributed by atoms with Crippen molar-refractivity contribution in [3.05, 3.63) is 0 Å². The van der Waals surface area contributed by atoms with E-state index >= 15 is 0 Å². The zero-order chi connectivity index (χ0) is 12.2. The average Bonchev–Trinajstić information content (AvgIpc) is 2.16. The molecule has 3 nitrogen and oxygen atoms in total. The summed E-state index contributed by atoms with van der Waals surface area (Å²) >= 11 is 0. The third kappa shape index (κ3) is 4.12. The first kappa shape index (κ1) is 13.5. The van der Waals surface area contributed by atoms with Gasteiger partial charge in [0.15, 0.2) is 0 Å². The smallest absolute Gasteiger partial charge is 0.302 e. The van der Waals surface area contributed by atoms with Gasteiger partial charge in [-0.1, -0.05) is 6.42 Å². The predicted molar refractivity (Wildman–Crippen MR) is 65.3 cm³/mol. The van der Waals surface area contributed by atoms with Crippen LogP contribution in [0.25, 0.3) is 0 Å². The summed E-state index contributed by atoms with van der Waals surface area (Å²) in [6.07, 6.45) is 4.87. The van der Waals surface area contributed by atoms with Crippen LogP contribution in [0.15, 0.2) is 0 Å². The number of hydrogen-bond acceptors (Lipinski definition) is 3. The van der Waals surface area contributed by atoms with Gasteiger partial charge in [-0.3, -0.25) is 9.69 Å². The van der Waals surface area contributed by atoms with Crippen LogP contribution in [0.3, 0.4) is 0 Å². The molecule has 0 aromatic heterocycles. The molecule has 0 bridgehead atoms. The molecule has 1 aliphatic rings. The third-order valence-electron chi connectivity index (χ3n) is 3.37. The van der Waals surface area contributed by atoms with Crippen molar-refractivity contribution in [3.8, 4) is 0 Å². The van der Waals surface area contributed by atoms with Crippen LogP contribution in [0.5, 0.6) is 0 Å². The van der Waals surface area contributed by atoms with Crippen molar-refractivity contribution in [2.45, 2.75) is 65.0 Å². The lowest BCUT2D eigenvalue weighted by molar-refractivity contribution is -0.147. The highest BCUT2D eigenvalue weighted by Gasteiger charge is 2.30. The Hall–Kier alpha value is -0.570. The second kappa shape index (κ2) is 5.67. The van der Waals surface area contributed by atoms with E-state index in [1.54, 1.807) is 0 Å². The monoisotopic (exact) mass is 227 g/mol. The molecule has 1 aliphatic heterocycles. The highest BCUT2D eigenvalue weighted by atomic mass is 16.5. The molecule has 1 heterocycles. The van der Waals surface area contributed by atoms with Crippen molar-refractivity contribution < 1.29 is 9.53 Å². The molecule has 1 saturated heterocycles. The molecule has 0 aromatic carbocycles. The van der Waals surface area contributed by atoms with Gasteiger partial charge < -0.3 is 4.74 Å². The van der Waals surface area contributed by atoms with E-state index in [1.165, 1.54) is 39.3 Å². The second-order valence-corrected chi connectivity index (χ2v) is 5.48. The van der Waals surface area contributed by atoms with Crippen LogP contribution in [-0.2, 0) is 9.53 Å². The highest BCUT2D eigenvalue weighted by molar-refractivity contribution is 5.66. The highest BCUT2D eigenvalue weighted by Crippen LogP contribution is 2.25. The molecule has 0 radical (unpaired) electrons. The lowest BCUT2D eigenvalue weighted by Gasteiger charge is -2.42. The van der Waals surface area contributed by atoms with Gasteiger partial charge in [0.25, 0.3) is 0 Å². The number of piperidine rings is 1.